The number of hydrogen-bond acceptors (Lipinski definition) is 0. The standard InChI is InChI=1S/C30H35.C15H8F6.C12H19.2ClH.Zr/c1-18-12-19(2)28(20(3)13-18)26-15-22-14-21-10-11-23(29(4,5)6)16-24(21)25(22)17-27(26)30(7,8)9;16-14(17,18)12-5-1-3-10(8-12)7-11-4-2-6-13(9-11)15(19,20)21;1-5-6-10-7-8-11(9-10)12(2,3)4;;;/h10-17H,1-9H3;1-6,8-9H;8-10H,5-6H2,1-4H3;2*1H;/q-1;;-1;;;+2/p-2. The number of aryl methyl sites for hydroxylation is 3. The van der Waals surface area contributed by atoms with Crippen LogP contribution in [0.1, 0.15) is 132 Å². The molecular weight excluding hydrogens is 961 g/mol. The number of fused-ring (bicyclic) bond motifs is 3. The van der Waals surface area contributed by atoms with Gasteiger partial charge in [-0.15, -0.1) is 39.7 Å². The molecule has 0 aliphatic heterocycles. The van der Waals surface area contributed by atoms with Crippen LogP contribution in [0, 0.1) is 38.2 Å². The first kappa shape index (κ1) is 56.7. The van der Waals surface area contributed by atoms with Crippen molar-refractivity contribution >= 4 is 24.8 Å². The number of alkyl halides is 6. The SMILES string of the molecule is CCCC1[C-]=CC(C(C)(C)C)=C1.Cc1cc(C)c(-c2cc3[cH-]c4ccc(C(C)(C)C)cc4c3cc2C(C)(C)C)c(C)c1.FC(F)(F)c1cccc([C](=[Zr+2])c2cccc(C(F)(F)F)c2)c1.[Cl-].[Cl-]. The summed E-state index contributed by atoms with van der Waals surface area (Å²) in [7, 11) is 0. The number of rotatable bonds is 5. The average molecular weight is 1020 g/mol. The Morgan fingerprint density at radius 2 is 1.12 bits per heavy atom. The van der Waals surface area contributed by atoms with Crippen molar-refractivity contribution in [2.45, 2.75) is 126 Å². The molecule has 0 radical (unpaired) electrons. The van der Waals surface area contributed by atoms with Crippen LogP contribution in [-0.4, -0.2) is 3.21 Å². The van der Waals surface area contributed by atoms with Gasteiger partial charge in [0.2, 0.25) is 0 Å². The van der Waals surface area contributed by atoms with E-state index in [1.165, 1.54) is 103 Å². The number of benzene rings is 5. The smallest absolute Gasteiger partial charge is 1.00 e. The Morgan fingerprint density at radius 1 is 0.606 bits per heavy atom. The Balaban J connectivity index is 0.000000282. The summed E-state index contributed by atoms with van der Waals surface area (Å²) in [5.74, 6) is 0.587. The van der Waals surface area contributed by atoms with E-state index in [-0.39, 0.29) is 46.8 Å². The van der Waals surface area contributed by atoms with Gasteiger partial charge in [-0.05, 0) is 59.4 Å². The van der Waals surface area contributed by atoms with Gasteiger partial charge in [0.25, 0.3) is 0 Å². The molecule has 9 heteroatoms. The van der Waals surface area contributed by atoms with Gasteiger partial charge in [-0.3, -0.25) is 6.08 Å². The molecule has 7 rings (SSSR count). The van der Waals surface area contributed by atoms with E-state index in [0.29, 0.717) is 14.5 Å². The summed E-state index contributed by atoms with van der Waals surface area (Å²) >= 11 is 0.729. The van der Waals surface area contributed by atoms with Crippen LogP contribution in [0.5, 0.6) is 0 Å². The number of halogens is 8. The van der Waals surface area contributed by atoms with E-state index in [1.807, 2.05) is 0 Å². The Bertz CT molecular complexity index is 2620. The maximum atomic E-state index is 12.7. The maximum Gasteiger partial charge on any atom is -1.00 e. The van der Waals surface area contributed by atoms with Crippen LogP contribution < -0.4 is 24.8 Å². The molecule has 0 fully saturated rings. The second-order valence-corrected chi connectivity index (χ2v) is 21.5. The molecule has 1 aliphatic carbocycles. The summed E-state index contributed by atoms with van der Waals surface area (Å²) in [6, 6.07) is 28.1. The molecule has 352 valence electrons. The molecule has 6 aromatic carbocycles. The zero-order valence-corrected chi connectivity index (χ0v) is 44.4. The van der Waals surface area contributed by atoms with Gasteiger partial charge in [0.1, 0.15) is 0 Å². The van der Waals surface area contributed by atoms with Crippen molar-refractivity contribution in [2.75, 3.05) is 0 Å². The minimum absolute atomic E-state index is 0. The fourth-order valence-electron chi connectivity index (χ4n) is 8.27. The van der Waals surface area contributed by atoms with Gasteiger partial charge in [0, 0.05) is 0 Å². The van der Waals surface area contributed by atoms with Crippen LogP contribution >= 0.6 is 0 Å². The van der Waals surface area contributed by atoms with Gasteiger partial charge in [0.05, 0.1) is 0 Å². The van der Waals surface area contributed by atoms with Gasteiger partial charge >= 0.3 is 137 Å². The molecule has 0 amide bonds. The first-order chi connectivity index (χ1) is 29.5. The second kappa shape index (κ2) is 21.8. The molecule has 66 heavy (non-hydrogen) atoms. The van der Waals surface area contributed by atoms with Crippen LogP contribution in [-0.2, 0) is 47.4 Å². The summed E-state index contributed by atoms with van der Waals surface area (Å²) in [5.41, 5.74) is 10.5. The predicted octanol–water partition coefficient (Wildman–Crippen LogP) is 11.5. The molecule has 6 aromatic rings. The van der Waals surface area contributed by atoms with Gasteiger partial charge in [-0.2, -0.15) is 11.6 Å². The van der Waals surface area contributed by atoms with Crippen molar-refractivity contribution < 1.29 is 75.4 Å². The average Bonchev–Trinajstić information content (AvgIpc) is 3.81. The van der Waals surface area contributed by atoms with E-state index in [9.17, 15) is 26.3 Å². The van der Waals surface area contributed by atoms with E-state index >= 15 is 0 Å². The third-order valence-corrected chi connectivity index (χ3v) is 13.1. The largest absolute Gasteiger partial charge is 1.00 e. The van der Waals surface area contributed by atoms with Crippen LogP contribution in [0.2, 0.25) is 0 Å². The Kier molecular flexibility index (Phi) is 18.7. The second-order valence-electron chi connectivity index (χ2n) is 20.3. The van der Waals surface area contributed by atoms with Crippen molar-refractivity contribution in [1.82, 2.24) is 0 Å². The Morgan fingerprint density at radius 3 is 1.56 bits per heavy atom. The van der Waals surface area contributed by atoms with Gasteiger partial charge in [-0.1, -0.05) is 135 Å². The molecule has 0 bridgehead atoms. The minimum atomic E-state index is -4.49. The van der Waals surface area contributed by atoms with Crippen LogP contribution in [0.4, 0.5) is 26.3 Å². The zero-order chi connectivity index (χ0) is 47.7. The third kappa shape index (κ3) is 14.0. The molecule has 1 aliphatic rings. The van der Waals surface area contributed by atoms with E-state index in [0.717, 1.165) is 48.5 Å². The fourth-order valence-corrected chi connectivity index (χ4v) is 9.04. The molecule has 0 saturated heterocycles. The summed E-state index contributed by atoms with van der Waals surface area (Å²) in [4.78, 5) is 0. The summed E-state index contributed by atoms with van der Waals surface area (Å²) < 4.78 is 76.7. The molecule has 0 saturated carbocycles. The van der Waals surface area contributed by atoms with Crippen LogP contribution in [0.15, 0.2) is 115 Å². The van der Waals surface area contributed by atoms with Crippen LogP contribution in [0.3, 0.4) is 0 Å². The molecule has 0 nitrogen and oxygen atoms in total. The summed E-state index contributed by atoms with van der Waals surface area (Å²) in [6.45, 7) is 29.6. The van der Waals surface area contributed by atoms with Crippen molar-refractivity contribution in [3.05, 3.63) is 171 Å². The fraction of sp³-hybridized carbons (Fsp3) is 0.368. The number of allylic oxidation sites excluding steroid dienone is 4. The van der Waals surface area contributed by atoms with E-state index in [1.54, 1.807) is 0 Å². The van der Waals surface area contributed by atoms with Crippen molar-refractivity contribution in [2.24, 2.45) is 11.3 Å². The first-order valence-electron chi connectivity index (χ1n) is 22.0. The zero-order valence-electron chi connectivity index (χ0n) is 40.4. The topological polar surface area (TPSA) is 0 Å². The quantitative estimate of drug-likeness (QED) is 0.119. The molecule has 0 N–H and O–H groups in total. The van der Waals surface area contributed by atoms with Crippen LogP contribution in [0.25, 0.3) is 32.7 Å². The first-order valence-corrected chi connectivity index (χ1v) is 23.2. The van der Waals surface area contributed by atoms with E-state index < -0.39 is 23.5 Å². The van der Waals surface area contributed by atoms with Gasteiger partial charge in [-0.25, -0.2) is 6.08 Å². The molecule has 0 aromatic heterocycles. The molecular formula is C57H62Cl2F6Zr-2. The normalized spacial score (nSPS) is 14.1. The van der Waals surface area contributed by atoms with E-state index in [4.69, 9.17) is 0 Å². The Hall–Kier alpha value is -3.64. The van der Waals surface area contributed by atoms with E-state index in [2.05, 4.69) is 157 Å². The summed E-state index contributed by atoms with van der Waals surface area (Å²) in [5, 5.41) is 5.45. The third-order valence-electron chi connectivity index (χ3n) is 11.7. The van der Waals surface area contributed by atoms with Crippen molar-refractivity contribution in [3.63, 3.8) is 0 Å². The number of hydrogen-bond donors (Lipinski definition) is 0. The monoisotopic (exact) mass is 1020 g/mol. The van der Waals surface area contributed by atoms with Crippen molar-refractivity contribution in [3.8, 4) is 11.1 Å². The molecule has 1 unspecified atom stereocenters. The molecule has 1 atom stereocenters. The Labute approximate surface area is 416 Å². The maximum absolute atomic E-state index is 12.7. The minimum Gasteiger partial charge on any atom is -1.00 e. The van der Waals surface area contributed by atoms with Gasteiger partial charge in [0.15, 0.2) is 0 Å². The molecule has 0 heterocycles. The van der Waals surface area contributed by atoms with Crippen molar-refractivity contribution in [1.29, 1.82) is 0 Å². The predicted molar refractivity (Wildman–Crippen MR) is 254 cm³/mol. The molecule has 0 spiro atoms. The summed E-state index contributed by atoms with van der Waals surface area (Å²) in [6.07, 6.45) is 1.45. The van der Waals surface area contributed by atoms with Gasteiger partial charge < -0.3 is 24.8 Å².